The van der Waals surface area contributed by atoms with Gasteiger partial charge < -0.3 is 19.1 Å². The van der Waals surface area contributed by atoms with E-state index in [9.17, 15) is 4.79 Å². The smallest absolute Gasteiger partial charge is 0.254 e. The zero-order valence-corrected chi connectivity index (χ0v) is 14.5. The number of likely N-dealkylation sites (N-methyl/N-ethyl adjacent to an activating group) is 1. The predicted molar refractivity (Wildman–Crippen MR) is 91.1 cm³/mol. The number of aryl methyl sites for hydroxylation is 1. The molecule has 2 aliphatic rings. The summed E-state index contributed by atoms with van der Waals surface area (Å²) in [5, 5.41) is 3.94. The summed E-state index contributed by atoms with van der Waals surface area (Å²) in [5.74, 6) is 1.40. The van der Waals surface area contributed by atoms with E-state index in [1.165, 1.54) is 0 Å². The zero-order chi connectivity index (χ0) is 17.4. The summed E-state index contributed by atoms with van der Waals surface area (Å²) in [5.41, 5.74) is 1.43. The number of aromatic nitrogens is 2. The molecule has 25 heavy (non-hydrogen) atoms. The van der Waals surface area contributed by atoms with Crippen LogP contribution in [0.1, 0.15) is 16.2 Å². The van der Waals surface area contributed by atoms with Crippen LogP contribution in [0.3, 0.4) is 0 Å². The standard InChI is InChI=1S/C18H22N4O3/c1-12-19-17(20-25-12)14-4-3-5-15(6-14)18(23)22-8-13-7-21(2)9-16(22)11-24-10-13/h3-6,13,16H,7-11H2,1-2H3/t13-,16-/m0/s1. The molecule has 7 nitrogen and oxygen atoms in total. The molecule has 2 bridgehead atoms. The number of amides is 1. The Morgan fingerprint density at radius 3 is 2.92 bits per heavy atom. The molecular formula is C18H22N4O3. The third kappa shape index (κ3) is 3.29. The van der Waals surface area contributed by atoms with Crippen molar-refractivity contribution in [2.24, 2.45) is 5.92 Å². The molecule has 0 aliphatic carbocycles. The number of benzene rings is 1. The Balaban J connectivity index is 1.62. The highest BCUT2D eigenvalue weighted by Gasteiger charge is 2.35. The quantitative estimate of drug-likeness (QED) is 0.823. The SMILES string of the molecule is Cc1nc(-c2cccc(C(=O)N3C[C@H]4COC[C@@H]3CN(C)C4)c2)no1. The summed E-state index contributed by atoms with van der Waals surface area (Å²) >= 11 is 0. The van der Waals surface area contributed by atoms with Crippen molar-refractivity contribution in [1.82, 2.24) is 19.9 Å². The van der Waals surface area contributed by atoms with Crippen molar-refractivity contribution >= 4 is 5.91 Å². The van der Waals surface area contributed by atoms with Crippen LogP contribution in [-0.2, 0) is 4.74 Å². The monoisotopic (exact) mass is 342 g/mol. The maximum absolute atomic E-state index is 13.2. The first-order valence-electron chi connectivity index (χ1n) is 8.58. The third-order valence-electron chi connectivity index (χ3n) is 4.81. The molecule has 3 heterocycles. The van der Waals surface area contributed by atoms with Gasteiger partial charge in [-0.05, 0) is 19.2 Å². The van der Waals surface area contributed by atoms with Crippen molar-refractivity contribution in [2.45, 2.75) is 13.0 Å². The highest BCUT2D eigenvalue weighted by Crippen LogP contribution is 2.23. The van der Waals surface area contributed by atoms with Crippen molar-refractivity contribution < 1.29 is 14.1 Å². The van der Waals surface area contributed by atoms with Crippen LogP contribution in [0, 0.1) is 12.8 Å². The van der Waals surface area contributed by atoms with Gasteiger partial charge in [0, 0.05) is 43.6 Å². The minimum absolute atomic E-state index is 0.0397. The molecule has 0 spiro atoms. The number of hydrogen-bond acceptors (Lipinski definition) is 6. The largest absolute Gasteiger partial charge is 0.379 e. The number of carbonyl (C=O) groups is 1. The molecular weight excluding hydrogens is 320 g/mol. The number of fused-ring (bicyclic) bond motifs is 3. The van der Waals surface area contributed by atoms with Crippen molar-refractivity contribution in [3.63, 3.8) is 0 Å². The Morgan fingerprint density at radius 2 is 2.12 bits per heavy atom. The fraction of sp³-hybridized carbons (Fsp3) is 0.500. The Morgan fingerprint density at radius 1 is 1.24 bits per heavy atom. The molecule has 0 unspecified atom stereocenters. The van der Waals surface area contributed by atoms with Gasteiger partial charge >= 0.3 is 0 Å². The van der Waals surface area contributed by atoms with Gasteiger partial charge in [0.25, 0.3) is 5.91 Å². The van der Waals surface area contributed by atoms with E-state index in [1.54, 1.807) is 6.92 Å². The highest BCUT2D eigenvalue weighted by atomic mass is 16.5. The summed E-state index contributed by atoms with van der Waals surface area (Å²) in [6.45, 7) is 5.59. The molecule has 7 heteroatoms. The lowest BCUT2D eigenvalue weighted by atomic mass is 10.1. The number of hydrogen-bond donors (Lipinski definition) is 0. The van der Waals surface area contributed by atoms with Crippen LogP contribution in [0.15, 0.2) is 28.8 Å². The summed E-state index contributed by atoms with van der Waals surface area (Å²) in [6, 6.07) is 7.52. The first-order valence-corrected chi connectivity index (χ1v) is 8.58. The van der Waals surface area contributed by atoms with Gasteiger partial charge in [0.15, 0.2) is 0 Å². The van der Waals surface area contributed by atoms with E-state index in [0.29, 0.717) is 36.4 Å². The van der Waals surface area contributed by atoms with Crippen LogP contribution in [0.4, 0.5) is 0 Å². The summed E-state index contributed by atoms with van der Waals surface area (Å²) in [4.78, 5) is 21.7. The number of nitrogens with zero attached hydrogens (tertiary/aromatic N) is 4. The fourth-order valence-corrected chi connectivity index (χ4v) is 3.70. The Kier molecular flexibility index (Phi) is 4.27. The van der Waals surface area contributed by atoms with Gasteiger partial charge in [-0.15, -0.1) is 0 Å². The van der Waals surface area contributed by atoms with Gasteiger partial charge in [0.05, 0.1) is 19.3 Å². The number of carbonyl (C=O) groups excluding carboxylic acids is 1. The van der Waals surface area contributed by atoms with Crippen molar-refractivity contribution in [2.75, 3.05) is 39.9 Å². The minimum Gasteiger partial charge on any atom is -0.379 e. The number of rotatable bonds is 2. The summed E-state index contributed by atoms with van der Waals surface area (Å²) in [7, 11) is 2.11. The van der Waals surface area contributed by atoms with Crippen LogP contribution < -0.4 is 0 Å². The molecule has 0 N–H and O–H groups in total. The third-order valence-corrected chi connectivity index (χ3v) is 4.81. The number of ether oxygens (including phenoxy) is 1. The van der Waals surface area contributed by atoms with E-state index >= 15 is 0 Å². The van der Waals surface area contributed by atoms with E-state index < -0.39 is 0 Å². The van der Waals surface area contributed by atoms with Gasteiger partial charge in [-0.1, -0.05) is 17.3 Å². The van der Waals surface area contributed by atoms with E-state index in [0.717, 1.165) is 25.2 Å². The van der Waals surface area contributed by atoms with E-state index in [4.69, 9.17) is 9.26 Å². The molecule has 1 aromatic carbocycles. The Bertz CT molecular complexity index is 775. The molecule has 132 valence electrons. The lowest BCUT2D eigenvalue weighted by Crippen LogP contribution is -2.45. The second kappa shape index (κ2) is 6.57. The average Bonchev–Trinajstić information content (AvgIpc) is 2.84. The van der Waals surface area contributed by atoms with E-state index in [2.05, 4.69) is 22.1 Å². The zero-order valence-electron chi connectivity index (χ0n) is 14.5. The molecule has 2 aromatic rings. The molecule has 2 fully saturated rings. The van der Waals surface area contributed by atoms with Crippen LogP contribution in [0.5, 0.6) is 0 Å². The van der Waals surface area contributed by atoms with Gasteiger partial charge in [-0.2, -0.15) is 4.98 Å². The first-order chi connectivity index (χ1) is 12.1. The molecule has 2 atom stereocenters. The topological polar surface area (TPSA) is 71.7 Å². The maximum atomic E-state index is 13.2. The molecule has 0 radical (unpaired) electrons. The first kappa shape index (κ1) is 16.2. The predicted octanol–water partition coefficient (Wildman–Crippen LogP) is 1.45. The van der Waals surface area contributed by atoms with Crippen LogP contribution in [0.2, 0.25) is 0 Å². The summed E-state index contributed by atoms with van der Waals surface area (Å²) in [6.07, 6.45) is 0. The van der Waals surface area contributed by atoms with Crippen LogP contribution in [0.25, 0.3) is 11.4 Å². The molecule has 4 rings (SSSR count). The Hall–Kier alpha value is -2.25. The maximum Gasteiger partial charge on any atom is 0.254 e. The van der Waals surface area contributed by atoms with E-state index in [-0.39, 0.29) is 11.9 Å². The lowest BCUT2D eigenvalue weighted by molar-refractivity contribution is 0.0483. The Labute approximate surface area is 146 Å². The second-order valence-corrected chi connectivity index (χ2v) is 6.95. The van der Waals surface area contributed by atoms with Gasteiger partial charge in [-0.3, -0.25) is 4.79 Å². The van der Waals surface area contributed by atoms with Gasteiger partial charge in [0.2, 0.25) is 11.7 Å². The van der Waals surface area contributed by atoms with Crippen molar-refractivity contribution in [1.29, 1.82) is 0 Å². The molecule has 0 saturated carbocycles. The summed E-state index contributed by atoms with van der Waals surface area (Å²) < 4.78 is 10.8. The fourth-order valence-electron chi connectivity index (χ4n) is 3.70. The van der Waals surface area contributed by atoms with Crippen LogP contribution >= 0.6 is 0 Å². The van der Waals surface area contributed by atoms with E-state index in [1.807, 2.05) is 29.2 Å². The van der Waals surface area contributed by atoms with Crippen molar-refractivity contribution in [3.05, 3.63) is 35.7 Å². The lowest BCUT2D eigenvalue weighted by Gasteiger charge is -2.29. The average molecular weight is 342 g/mol. The highest BCUT2D eigenvalue weighted by molar-refractivity contribution is 5.95. The normalized spacial score (nSPS) is 24.2. The van der Waals surface area contributed by atoms with Gasteiger partial charge in [-0.25, -0.2) is 0 Å². The van der Waals surface area contributed by atoms with Crippen LogP contribution in [-0.4, -0.2) is 71.8 Å². The van der Waals surface area contributed by atoms with Gasteiger partial charge in [0.1, 0.15) is 0 Å². The second-order valence-electron chi connectivity index (χ2n) is 6.95. The molecule has 1 aromatic heterocycles. The van der Waals surface area contributed by atoms with Crippen molar-refractivity contribution in [3.8, 4) is 11.4 Å². The molecule has 2 aliphatic heterocycles. The minimum atomic E-state index is 0.0397. The molecule has 2 saturated heterocycles. The molecule has 1 amide bonds.